The van der Waals surface area contributed by atoms with Gasteiger partial charge in [0.1, 0.15) is 21.8 Å². The standard InChI is InChI=1S/C27H38N4O3S2/c1-6-8-9-10-11-13-31-26(33)23(36-27(31)35)14-21-20(5)22(15-28)25(32)30(12-7-2)24(21)29-16-18(3)34-19(4)17-29/h14,18-19H,6-13,16-17H2,1-5H3/b23-14+. The molecule has 1 aromatic rings. The summed E-state index contributed by atoms with van der Waals surface area (Å²) in [6.07, 6.45) is 8.12. The van der Waals surface area contributed by atoms with Gasteiger partial charge < -0.3 is 9.64 Å². The Balaban J connectivity index is 2.06. The van der Waals surface area contributed by atoms with Crippen molar-refractivity contribution < 1.29 is 9.53 Å². The monoisotopic (exact) mass is 530 g/mol. The predicted octanol–water partition coefficient (Wildman–Crippen LogP) is 5.22. The molecule has 196 valence electrons. The number of nitrogens with zero attached hydrogens (tertiary/aromatic N) is 4. The van der Waals surface area contributed by atoms with Gasteiger partial charge in [0.05, 0.1) is 17.1 Å². The SMILES string of the molecule is CCCCCCCN1C(=O)/C(=C\c2c(C)c(C#N)c(=O)n(CCC)c2N2CC(C)OC(C)C2)SC1=S. The third-order valence-electron chi connectivity index (χ3n) is 6.65. The highest BCUT2D eigenvalue weighted by Crippen LogP contribution is 2.36. The van der Waals surface area contributed by atoms with E-state index < -0.39 is 0 Å². The van der Waals surface area contributed by atoms with Gasteiger partial charge >= 0.3 is 0 Å². The molecule has 2 aliphatic rings. The number of carbonyl (C=O) groups is 1. The zero-order valence-electron chi connectivity index (χ0n) is 22.1. The van der Waals surface area contributed by atoms with Crippen molar-refractivity contribution >= 4 is 46.1 Å². The highest BCUT2D eigenvalue weighted by atomic mass is 32.2. The van der Waals surface area contributed by atoms with Crippen molar-refractivity contribution in [3.8, 4) is 6.07 Å². The first-order valence-corrected chi connectivity index (χ1v) is 14.3. The van der Waals surface area contributed by atoms with Gasteiger partial charge in [-0.15, -0.1) is 0 Å². The molecule has 2 unspecified atom stereocenters. The molecule has 0 spiro atoms. The van der Waals surface area contributed by atoms with E-state index in [0.29, 0.717) is 41.0 Å². The van der Waals surface area contributed by atoms with Crippen LogP contribution in [0.15, 0.2) is 9.70 Å². The van der Waals surface area contributed by atoms with Crippen LogP contribution in [0.5, 0.6) is 0 Å². The number of nitriles is 1. The number of thioether (sulfide) groups is 1. The lowest BCUT2D eigenvalue weighted by Gasteiger charge is -2.39. The van der Waals surface area contributed by atoms with Crippen LogP contribution in [0.2, 0.25) is 0 Å². The van der Waals surface area contributed by atoms with E-state index in [0.717, 1.165) is 37.1 Å². The van der Waals surface area contributed by atoms with Gasteiger partial charge in [-0.05, 0) is 45.3 Å². The smallest absolute Gasteiger partial charge is 0.270 e. The molecule has 1 aromatic heterocycles. The molecule has 3 rings (SSSR count). The molecule has 7 nitrogen and oxygen atoms in total. The molecule has 2 saturated heterocycles. The predicted molar refractivity (Wildman–Crippen MR) is 151 cm³/mol. The lowest BCUT2D eigenvalue weighted by atomic mass is 10.0. The summed E-state index contributed by atoms with van der Waals surface area (Å²) in [4.78, 5) is 31.1. The van der Waals surface area contributed by atoms with E-state index in [9.17, 15) is 14.9 Å². The summed E-state index contributed by atoms with van der Waals surface area (Å²) >= 11 is 6.87. The number of morpholine rings is 1. The molecule has 2 atom stereocenters. The second-order valence-corrected chi connectivity index (χ2v) is 11.4. The normalized spacial score (nSPS) is 21.5. The van der Waals surface area contributed by atoms with Crippen molar-refractivity contribution in [2.24, 2.45) is 0 Å². The number of hydrogen-bond donors (Lipinski definition) is 0. The van der Waals surface area contributed by atoms with Crippen LogP contribution < -0.4 is 10.5 Å². The fourth-order valence-corrected chi connectivity index (χ4v) is 6.25. The largest absolute Gasteiger partial charge is 0.372 e. The average molecular weight is 531 g/mol. The number of anilines is 1. The van der Waals surface area contributed by atoms with Gasteiger partial charge in [0.25, 0.3) is 11.5 Å². The van der Waals surface area contributed by atoms with Crippen LogP contribution in [-0.2, 0) is 16.1 Å². The van der Waals surface area contributed by atoms with E-state index in [1.165, 1.54) is 24.6 Å². The molecule has 3 heterocycles. The van der Waals surface area contributed by atoms with Gasteiger partial charge in [0.2, 0.25) is 0 Å². The number of hydrogen-bond acceptors (Lipinski definition) is 7. The molecule has 2 fully saturated rings. The molecule has 0 saturated carbocycles. The number of ether oxygens (including phenoxy) is 1. The third kappa shape index (κ3) is 6.21. The summed E-state index contributed by atoms with van der Waals surface area (Å²) in [5.41, 5.74) is 1.18. The van der Waals surface area contributed by atoms with Crippen molar-refractivity contribution in [2.45, 2.75) is 91.9 Å². The number of carbonyl (C=O) groups excluding carboxylic acids is 1. The van der Waals surface area contributed by atoms with E-state index in [1.54, 1.807) is 16.4 Å². The number of pyridine rings is 1. The maximum atomic E-state index is 13.4. The van der Waals surface area contributed by atoms with Crippen LogP contribution in [0.4, 0.5) is 5.82 Å². The molecule has 2 aliphatic heterocycles. The Morgan fingerprint density at radius 1 is 1.08 bits per heavy atom. The average Bonchev–Trinajstić information content (AvgIpc) is 3.09. The molecule has 36 heavy (non-hydrogen) atoms. The van der Waals surface area contributed by atoms with Gasteiger partial charge in [-0.2, -0.15) is 5.26 Å². The Hall–Kier alpha value is -2.15. The van der Waals surface area contributed by atoms with Crippen LogP contribution in [0.25, 0.3) is 6.08 Å². The first-order valence-electron chi connectivity index (χ1n) is 13.1. The first-order chi connectivity index (χ1) is 17.2. The number of thiocarbonyl (C=S) groups is 1. The maximum Gasteiger partial charge on any atom is 0.270 e. The molecule has 0 radical (unpaired) electrons. The number of rotatable bonds is 10. The maximum absolute atomic E-state index is 13.4. The minimum absolute atomic E-state index is 0.00588. The summed E-state index contributed by atoms with van der Waals surface area (Å²) in [7, 11) is 0. The summed E-state index contributed by atoms with van der Waals surface area (Å²) in [6.45, 7) is 12.4. The molecular formula is C27H38N4O3S2. The molecule has 0 aliphatic carbocycles. The van der Waals surface area contributed by atoms with Gasteiger partial charge in [-0.1, -0.05) is 63.5 Å². The minimum atomic E-state index is -0.282. The molecular weight excluding hydrogens is 492 g/mol. The van der Waals surface area contributed by atoms with Crippen LogP contribution in [0.1, 0.15) is 82.9 Å². The topological polar surface area (TPSA) is 78.6 Å². The fraction of sp³-hybridized carbons (Fsp3) is 0.630. The van der Waals surface area contributed by atoms with E-state index in [2.05, 4.69) is 17.9 Å². The lowest BCUT2D eigenvalue weighted by molar-refractivity contribution is -0.122. The minimum Gasteiger partial charge on any atom is -0.372 e. The van der Waals surface area contributed by atoms with Crippen molar-refractivity contribution in [3.63, 3.8) is 0 Å². The number of aromatic nitrogens is 1. The van der Waals surface area contributed by atoms with Gasteiger partial charge in [-0.25, -0.2) is 0 Å². The van der Waals surface area contributed by atoms with Crippen molar-refractivity contribution in [3.05, 3.63) is 31.9 Å². The van der Waals surface area contributed by atoms with Crippen LogP contribution in [0, 0.1) is 18.3 Å². The van der Waals surface area contributed by atoms with Crippen LogP contribution >= 0.6 is 24.0 Å². The molecule has 9 heteroatoms. The van der Waals surface area contributed by atoms with Crippen molar-refractivity contribution in [1.82, 2.24) is 9.47 Å². The molecule has 0 N–H and O–H groups in total. The zero-order valence-corrected chi connectivity index (χ0v) is 23.8. The quantitative estimate of drug-likeness (QED) is 0.233. The summed E-state index contributed by atoms with van der Waals surface area (Å²) in [6, 6.07) is 2.12. The van der Waals surface area contributed by atoms with E-state index >= 15 is 0 Å². The highest BCUT2D eigenvalue weighted by molar-refractivity contribution is 8.26. The van der Waals surface area contributed by atoms with E-state index in [-0.39, 0.29) is 29.2 Å². The fourth-order valence-electron chi connectivity index (χ4n) is 4.96. The van der Waals surface area contributed by atoms with Crippen LogP contribution in [0.3, 0.4) is 0 Å². The lowest BCUT2D eigenvalue weighted by Crippen LogP contribution is -2.48. The Morgan fingerprint density at radius 3 is 2.36 bits per heavy atom. The highest BCUT2D eigenvalue weighted by Gasteiger charge is 2.34. The first kappa shape index (κ1) is 28.4. The van der Waals surface area contributed by atoms with Crippen LogP contribution in [-0.4, -0.2) is 51.5 Å². The second kappa shape index (κ2) is 12.9. The van der Waals surface area contributed by atoms with Gasteiger partial charge in [-0.3, -0.25) is 19.1 Å². The Labute approximate surface area is 224 Å². The second-order valence-electron chi connectivity index (χ2n) is 9.72. The Morgan fingerprint density at radius 2 is 1.75 bits per heavy atom. The number of unbranched alkanes of at least 4 members (excludes halogenated alkanes) is 4. The molecule has 0 bridgehead atoms. The Kier molecular flexibility index (Phi) is 10.2. The third-order valence-corrected chi connectivity index (χ3v) is 8.02. The van der Waals surface area contributed by atoms with Gasteiger partial charge in [0, 0.05) is 31.7 Å². The zero-order chi connectivity index (χ0) is 26.4. The van der Waals surface area contributed by atoms with Gasteiger partial charge in [0.15, 0.2) is 0 Å². The number of amides is 1. The van der Waals surface area contributed by atoms with E-state index in [1.807, 2.05) is 26.8 Å². The summed E-state index contributed by atoms with van der Waals surface area (Å²) in [5, 5.41) is 9.84. The summed E-state index contributed by atoms with van der Waals surface area (Å²) in [5.74, 6) is 0.659. The van der Waals surface area contributed by atoms with E-state index in [4.69, 9.17) is 17.0 Å². The molecule has 1 amide bonds. The Bertz CT molecular complexity index is 1110. The van der Waals surface area contributed by atoms with Crippen molar-refractivity contribution in [2.75, 3.05) is 24.5 Å². The molecule has 0 aromatic carbocycles. The summed E-state index contributed by atoms with van der Waals surface area (Å²) < 4.78 is 8.22. The van der Waals surface area contributed by atoms with Crippen molar-refractivity contribution in [1.29, 1.82) is 5.26 Å².